The quantitative estimate of drug-likeness (QED) is 0.924. The number of benzene rings is 1. The van der Waals surface area contributed by atoms with Gasteiger partial charge < -0.3 is 10.1 Å². The van der Waals surface area contributed by atoms with Gasteiger partial charge in [-0.15, -0.1) is 11.3 Å². The van der Waals surface area contributed by atoms with Crippen molar-refractivity contribution in [3.63, 3.8) is 0 Å². The van der Waals surface area contributed by atoms with Crippen molar-refractivity contribution in [3.05, 3.63) is 46.7 Å². The molecule has 1 fully saturated rings. The average molecular weight is 345 g/mol. The summed E-state index contributed by atoms with van der Waals surface area (Å²) in [6.45, 7) is 0.800. The Morgan fingerprint density at radius 2 is 2.17 bits per heavy atom. The van der Waals surface area contributed by atoms with Gasteiger partial charge in [-0.2, -0.15) is 5.26 Å². The number of rotatable bonds is 4. The molecular formula is C17H16FN3O2S. The fraction of sp³-hybridized carbons (Fsp3) is 0.353. The number of carbonyl (C=O) groups excluding carboxylic acids is 1. The number of hydrogen-bond donors (Lipinski definition) is 1. The van der Waals surface area contributed by atoms with Crippen LogP contribution in [-0.4, -0.2) is 24.1 Å². The van der Waals surface area contributed by atoms with Gasteiger partial charge in [0, 0.05) is 30.7 Å². The van der Waals surface area contributed by atoms with Gasteiger partial charge in [-0.3, -0.25) is 4.79 Å². The minimum Gasteiger partial charge on any atom is -0.381 e. The van der Waals surface area contributed by atoms with E-state index in [1.165, 1.54) is 17.4 Å². The second-order valence-corrected chi connectivity index (χ2v) is 6.78. The third-order valence-electron chi connectivity index (χ3n) is 4.09. The Morgan fingerprint density at radius 1 is 1.42 bits per heavy atom. The van der Waals surface area contributed by atoms with Crippen molar-refractivity contribution in [2.45, 2.75) is 19.3 Å². The van der Waals surface area contributed by atoms with E-state index in [0.717, 1.165) is 4.88 Å². The number of amides is 1. The van der Waals surface area contributed by atoms with Crippen molar-refractivity contribution in [1.29, 1.82) is 5.26 Å². The minimum absolute atomic E-state index is 0.262. The van der Waals surface area contributed by atoms with E-state index < -0.39 is 5.41 Å². The molecule has 0 bridgehead atoms. The van der Waals surface area contributed by atoms with Crippen LogP contribution in [0, 0.1) is 22.6 Å². The van der Waals surface area contributed by atoms with Crippen LogP contribution < -0.4 is 5.32 Å². The molecule has 0 saturated carbocycles. The average Bonchev–Trinajstić information content (AvgIpc) is 3.04. The number of hydrogen-bond acceptors (Lipinski definition) is 5. The highest BCUT2D eigenvalue weighted by atomic mass is 32.1. The molecule has 124 valence electrons. The first-order valence-electron chi connectivity index (χ1n) is 7.61. The smallest absolute Gasteiger partial charge is 0.246 e. The number of thiazole rings is 1. The molecule has 1 aromatic carbocycles. The van der Waals surface area contributed by atoms with Crippen molar-refractivity contribution in [3.8, 4) is 6.07 Å². The molecule has 1 saturated heterocycles. The topological polar surface area (TPSA) is 75.0 Å². The fourth-order valence-electron chi connectivity index (χ4n) is 2.60. The van der Waals surface area contributed by atoms with Crippen molar-refractivity contribution >= 4 is 22.4 Å². The lowest BCUT2D eigenvalue weighted by Gasteiger charge is -2.28. The van der Waals surface area contributed by atoms with E-state index >= 15 is 0 Å². The molecule has 24 heavy (non-hydrogen) atoms. The first kappa shape index (κ1) is 16.6. The predicted molar refractivity (Wildman–Crippen MR) is 88.0 cm³/mol. The predicted octanol–water partition coefficient (Wildman–Crippen LogP) is 3.13. The number of nitrogens with zero attached hydrogens (tertiary/aromatic N) is 2. The first-order valence-corrected chi connectivity index (χ1v) is 8.43. The SMILES string of the molecule is N#CC1(C(=O)Nc2ncc(Cc3ccccc3F)s2)CCOCC1. The summed E-state index contributed by atoms with van der Waals surface area (Å²) in [4.78, 5) is 17.5. The Balaban J connectivity index is 1.69. The lowest BCUT2D eigenvalue weighted by molar-refractivity contribution is -0.126. The summed E-state index contributed by atoms with van der Waals surface area (Å²) < 4.78 is 18.9. The van der Waals surface area contributed by atoms with Crippen LogP contribution in [0.15, 0.2) is 30.5 Å². The zero-order valence-electron chi connectivity index (χ0n) is 12.9. The van der Waals surface area contributed by atoms with Crippen LogP contribution in [0.25, 0.3) is 0 Å². The number of nitriles is 1. The molecule has 3 rings (SSSR count). The van der Waals surface area contributed by atoms with Gasteiger partial charge in [-0.25, -0.2) is 9.37 Å². The number of anilines is 1. The number of aromatic nitrogens is 1. The summed E-state index contributed by atoms with van der Waals surface area (Å²) in [5, 5.41) is 12.5. The van der Waals surface area contributed by atoms with Crippen LogP contribution in [0.2, 0.25) is 0 Å². The first-order chi connectivity index (χ1) is 11.6. The van der Waals surface area contributed by atoms with Crippen molar-refractivity contribution in [2.24, 2.45) is 5.41 Å². The molecule has 0 unspecified atom stereocenters. The van der Waals surface area contributed by atoms with Crippen LogP contribution >= 0.6 is 11.3 Å². The monoisotopic (exact) mass is 345 g/mol. The summed E-state index contributed by atoms with van der Waals surface area (Å²) in [5.74, 6) is -0.609. The maximum atomic E-state index is 13.7. The van der Waals surface area contributed by atoms with Gasteiger partial charge in [-0.05, 0) is 24.5 Å². The molecule has 0 atom stereocenters. The maximum absolute atomic E-state index is 13.7. The number of carbonyl (C=O) groups is 1. The molecule has 1 aliphatic heterocycles. The van der Waals surface area contributed by atoms with E-state index in [-0.39, 0.29) is 11.7 Å². The molecule has 1 amide bonds. The Bertz CT molecular complexity index is 778. The van der Waals surface area contributed by atoms with E-state index in [9.17, 15) is 14.4 Å². The van der Waals surface area contributed by atoms with Crippen LogP contribution in [-0.2, 0) is 16.0 Å². The molecule has 0 aliphatic carbocycles. The Hall–Kier alpha value is -2.30. The van der Waals surface area contributed by atoms with Gasteiger partial charge >= 0.3 is 0 Å². The third kappa shape index (κ3) is 3.45. The summed E-state index contributed by atoms with van der Waals surface area (Å²) in [5.41, 5.74) is -0.479. The number of ether oxygens (including phenoxy) is 1. The third-order valence-corrected chi connectivity index (χ3v) is 5.00. The van der Waals surface area contributed by atoms with Gasteiger partial charge in [0.05, 0.1) is 6.07 Å². The van der Waals surface area contributed by atoms with E-state index in [4.69, 9.17) is 4.74 Å². The molecular weight excluding hydrogens is 329 g/mol. The molecule has 7 heteroatoms. The zero-order valence-corrected chi connectivity index (χ0v) is 13.7. The van der Waals surface area contributed by atoms with Crippen molar-refractivity contribution < 1.29 is 13.9 Å². The van der Waals surface area contributed by atoms with Crippen molar-refractivity contribution in [1.82, 2.24) is 4.98 Å². The lowest BCUT2D eigenvalue weighted by atomic mass is 9.81. The standard InChI is InChI=1S/C17H16FN3O2S/c18-14-4-2-1-3-12(14)9-13-10-20-16(24-13)21-15(22)17(11-19)5-7-23-8-6-17/h1-4,10H,5-9H2,(H,20,21,22). The summed E-state index contributed by atoms with van der Waals surface area (Å²) >= 11 is 1.29. The summed E-state index contributed by atoms with van der Waals surface area (Å²) in [7, 11) is 0. The summed E-state index contributed by atoms with van der Waals surface area (Å²) in [6.07, 6.45) is 2.79. The molecule has 1 N–H and O–H groups in total. The highest BCUT2D eigenvalue weighted by Gasteiger charge is 2.40. The van der Waals surface area contributed by atoms with Crippen molar-refractivity contribution in [2.75, 3.05) is 18.5 Å². The number of nitrogens with one attached hydrogen (secondary N) is 1. The van der Waals surface area contributed by atoms with Gasteiger partial charge in [0.15, 0.2) is 5.13 Å². The van der Waals surface area contributed by atoms with Crippen LogP contribution in [0.4, 0.5) is 9.52 Å². The molecule has 1 aliphatic rings. The van der Waals surface area contributed by atoms with Gasteiger partial charge in [0.25, 0.3) is 0 Å². The normalized spacial score (nSPS) is 16.3. The van der Waals surface area contributed by atoms with E-state index in [1.54, 1.807) is 24.4 Å². The molecule has 5 nitrogen and oxygen atoms in total. The molecule has 1 aromatic heterocycles. The zero-order chi connectivity index (χ0) is 17.0. The van der Waals surface area contributed by atoms with Gasteiger partial charge in [0.1, 0.15) is 11.2 Å². The van der Waals surface area contributed by atoms with Gasteiger partial charge in [0.2, 0.25) is 5.91 Å². The van der Waals surface area contributed by atoms with E-state index in [1.807, 2.05) is 0 Å². The Morgan fingerprint density at radius 3 is 2.88 bits per heavy atom. The van der Waals surface area contributed by atoms with E-state index in [2.05, 4.69) is 16.4 Å². The highest BCUT2D eigenvalue weighted by Crippen LogP contribution is 2.32. The molecule has 0 radical (unpaired) electrons. The minimum atomic E-state index is -1.06. The highest BCUT2D eigenvalue weighted by molar-refractivity contribution is 7.15. The molecule has 2 aromatic rings. The summed E-state index contributed by atoms with van der Waals surface area (Å²) in [6, 6.07) is 8.69. The second-order valence-electron chi connectivity index (χ2n) is 5.66. The van der Waals surface area contributed by atoms with Crippen LogP contribution in [0.1, 0.15) is 23.3 Å². The number of halogens is 1. The van der Waals surface area contributed by atoms with Gasteiger partial charge in [-0.1, -0.05) is 18.2 Å². The fourth-order valence-corrected chi connectivity index (χ4v) is 3.43. The lowest BCUT2D eigenvalue weighted by Crippen LogP contribution is -2.39. The van der Waals surface area contributed by atoms with Crippen LogP contribution in [0.3, 0.4) is 0 Å². The molecule has 0 spiro atoms. The largest absolute Gasteiger partial charge is 0.381 e. The van der Waals surface area contributed by atoms with E-state index in [0.29, 0.717) is 43.2 Å². The Kier molecular flexibility index (Phi) is 4.88. The molecule has 2 heterocycles. The Labute approximate surface area is 143 Å². The second kappa shape index (κ2) is 7.07. The van der Waals surface area contributed by atoms with Crippen LogP contribution in [0.5, 0.6) is 0 Å². The maximum Gasteiger partial charge on any atom is 0.246 e.